The van der Waals surface area contributed by atoms with E-state index >= 15 is 0 Å². The highest BCUT2D eigenvalue weighted by Gasteiger charge is 2.18. The van der Waals surface area contributed by atoms with Gasteiger partial charge in [0.15, 0.2) is 5.82 Å². The molecule has 0 aliphatic carbocycles. The van der Waals surface area contributed by atoms with Gasteiger partial charge in [-0.15, -0.1) is 0 Å². The zero-order valence-corrected chi connectivity index (χ0v) is 16.3. The van der Waals surface area contributed by atoms with Crippen LogP contribution in [0.25, 0.3) is 11.4 Å². The molecule has 144 valence electrons. The number of rotatable bonds is 6. The van der Waals surface area contributed by atoms with Crippen molar-refractivity contribution in [3.63, 3.8) is 0 Å². The molecule has 1 aliphatic rings. The average Bonchev–Trinajstić information content (AvgIpc) is 2.79. The van der Waals surface area contributed by atoms with E-state index in [1.807, 2.05) is 18.2 Å². The maximum absolute atomic E-state index is 5.52. The number of benzene rings is 2. The fourth-order valence-electron chi connectivity index (χ4n) is 3.41. The molecule has 28 heavy (non-hydrogen) atoms. The van der Waals surface area contributed by atoms with Crippen LogP contribution < -0.4 is 9.80 Å². The van der Waals surface area contributed by atoms with Crippen LogP contribution in [0.1, 0.15) is 12.5 Å². The van der Waals surface area contributed by atoms with Gasteiger partial charge in [0.05, 0.1) is 13.2 Å². The van der Waals surface area contributed by atoms with E-state index in [4.69, 9.17) is 14.7 Å². The van der Waals surface area contributed by atoms with Gasteiger partial charge in [-0.05, 0) is 12.5 Å². The minimum absolute atomic E-state index is 0.738. The van der Waals surface area contributed by atoms with Crippen LogP contribution in [-0.4, -0.2) is 42.8 Å². The Morgan fingerprint density at radius 3 is 2.29 bits per heavy atom. The van der Waals surface area contributed by atoms with Crippen LogP contribution in [0, 0.1) is 0 Å². The second kappa shape index (κ2) is 8.85. The molecule has 0 bridgehead atoms. The third-order valence-electron chi connectivity index (χ3n) is 4.99. The molecule has 5 nitrogen and oxygen atoms in total. The van der Waals surface area contributed by atoms with Gasteiger partial charge in [0.2, 0.25) is 0 Å². The zero-order valence-electron chi connectivity index (χ0n) is 16.3. The first-order valence-electron chi connectivity index (χ1n) is 9.89. The Labute approximate surface area is 166 Å². The molecule has 0 atom stereocenters. The summed E-state index contributed by atoms with van der Waals surface area (Å²) in [7, 11) is 0. The third-order valence-corrected chi connectivity index (χ3v) is 4.99. The summed E-state index contributed by atoms with van der Waals surface area (Å²) in [5, 5.41) is 0. The molecule has 5 heteroatoms. The van der Waals surface area contributed by atoms with E-state index in [0.717, 1.165) is 62.4 Å². The lowest BCUT2D eigenvalue weighted by Gasteiger charge is -2.30. The van der Waals surface area contributed by atoms with Crippen molar-refractivity contribution in [2.45, 2.75) is 13.5 Å². The summed E-state index contributed by atoms with van der Waals surface area (Å²) in [6.45, 7) is 7.06. The van der Waals surface area contributed by atoms with E-state index in [1.54, 1.807) is 0 Å². The van der Waals surface area contributed by atoms with Gasteiger partial charge in [0, 0.05) is 37.8 Å². The molecule has 2 heterocycles. The zero-order chi connectivity index (χ0) is 19.2. The lowest BCUT2D eigenvalue weighted by atomic mass is 10.2. The minimum Gasteiger partial charge on any atom is -0.378 e. The quantitative estimate of drug-likeness (QED) is 0.652. The molecular formula is C23H26N4O. The molecule has 2 aromatic carbocycles. The average molecular weight is 374 g/mol. The summed E-state index contributed by atoms with van der Waals surface area (Å²) in [4.78, 5) is 14.4. The van der Waals surface area contributed by atoms with Gasteiger partial charge in [-0.1, -0.05) is 60.7 Å². The Hall–Kier alpha value is -2.92. The minimum atomic E-state index is 0.738. The second-order valence-corrected chi connectivity index (χ2v) is 6.87. The van der Waals surface area contributed by atoms with Crippen molar-refractivity contribution in [1.29, 1.82) is 0 Å². The van der Waals surface area contributed by atoms with E-state index < -0.39 is 0 Å². The van der Waals surface area contributed by atoms with Gasteiger partial charge in [0.25, 0.3) is 0 Å². The molecular weight excluding hydrogens is 348 g/mol. The van der Waals surface area contributed by atoms with Gasteiger partial charge in [-0.25, -0.2) is 9.97 Å². The lowest BCUT2D eigenvalue weighted by Crippen LogP contribution is -2.37. The highest BCUT2D eigenvalue weighted by Crippen LogP contribution is 2.26. The molecule has 0 amide bonds. The smallest absolute Gasteiger partial charge is 0.163 e. The molecule has 1 saturated heterocycles. The van der Waals surface area contributed by atoms with E-state index in [2.05, 4.69) is 65.3 Å². The van der Waals surface area contributed by atoms with Crippen molar-refractivity contribution >= 4 is 11.6 Å². The lowest BCUT2D eigenvalue weighted by molar-refractivity contribution is 0.122. The number of morpholine rings is 1. The third kappa shape index (κ3) is 4.31. The molecule has 0 radical (unpaired) electrons. The summed E-state index contributed by atoms with van der Waals surface area (Å²) >= 11 is 0. The van der Waals surface area contributed by atoms with E-state index in [0.29, 0.717) is 0 Å². The van der Waals surface area contributed by atoms with Crippen molar-refractivity contribution < 1.29 is 4.74 Å². The topological polar surface area (TPSA) is 41.5 Å². The highest BCUT2D eigenvalue weighted by molar-refractivity contribution is 5.62. The number of aromatic nitrogens is 2. The van der Waals surface area contributed by atoms with E-state index in [9.17, 15) is 0 Å². The monoisotopic (exact) mass is 374 g/mol. The molecule has 0 spiro atoms. The molecule has 1 aromatic heterocycles. The SMILES string of the molecule is CCN(Cc1ccccc1)c1cc(N2CCOCC2)nc(-c2ccccc2)n1. The van der Waals surface area contributed by atoms with Crippen molar-refractivity contribution in [2.24, 2.45) is 0 Å². The number of ether oxygens (including phenoxy) is 1. The number of hydrogen-bond acceptors (Lipinski definition) is 5. The highest BCUT2D eigenvalue weighted by atomic mass is 16.5. The fourth-order valence-corrected chi connectivity index (χ4v) is 3.41. The summed E-state index contributed by atoms with van der Waals surface area (Å²) in [6, 6.07) is 22.8. The van der Waals surface area contributed by atoms with Crippen LogP contribution in [0.15, 0.2) is 66.7 Å². The predicted octanol–water partition coefficient (Wildman–Crippen LogP) is 4.01. The normalized spacial score (nSPS) is 14.1. The Bertz CT molecular complexity index is 880. The number of anilines is 2. The first-order chi connectivity index (χ1) is 13.8. The van der Waals surface area contributed by atoms with Crippen LogP contribution in [0.5, 0.6) is 0 Å². The number of nitrogens with zero attached hydrogens (tertiary/aromatic N) is 4. The maximum atomic E-state index is 5.52. The first-order valence-corrected chi connectivity index (χ1v) is 9.89. The van der Waals surface area contributed by atoms with Crippen LogP contribution in [0.4, 0.5) is 11.6 Å². The fraction of sp³-hybridized carbons (Fsp3) is 0.304. The molecule has 3 aromatic rings. The van der Waals surface area contributed by atoms with Gasteiger partial charge < -0.3 is 14.5 Å². The van der Waals surface area contributed by atoms with Crippen LogP contribution >= 0.6 is 0 Å². The van der Waals surface area contributed by atoms with Crippen molar-refractivity contribution in [1.82, 2.24) is 9.97 Å². The summed E-state index contributed by atoms with van der Waals surface area (Å²) in [5.41, 5.74) is 2.31. The summed E-state index contributed by atoms with van der Waals surface area (Å²) < 4.78 is 5.52. The summed E-state index contributed by atoms with van der Waals surface area (Å²) in [5.74, 6) is 2.70. The Balaban J connectivity index is 1.71. The summed E-state index contributed by atoms with van der Waals surface area (Å²) in [6.07, 6.45) is 0. The molecule has 4 rings (SSSR count). The van der Waals surface area contributed by atoms with Crippen LogP contribution in [0.3, 0.4) is 0 Å². The van der Waals surface area contributed by atoms with E-state index in [-0.39, 0.29) is 0 Å². The van der Waals surface area contributed by atoms with Crippen molar-refractivity contribution in [2.75, 3.05) is 42.6 Å². The Morgan fingerprint density at radius 1 is 0.929 bits per heavy atom. The predicted molar refractivity (Wildman–Crippen MR) is 114 cm³/mol. The van der Waals surface area contributed by atoms with Gasteiger partial charge >= 0.3 is 0 Å². The van der Waals surface area contributed by atoms with Gasteiger partial charge in [-0.3, -0.25) is 0 Å². The Morgan fingerprint density at radius 2 is 1.61 bits per heavy atom. The molecule has 1 aliphatic heterocycles. The Kier molecular flexibility index (Phi) is 5.83. The largest absolute Gasteiger partial charge is 0.378 e. The molecule has 0 saturated carbocycles. The van der Waals surface area contributed by atoms with Crippen LogP contribution in [-0.2, 0) is 11.3 Å². The molecule has 1 fully saturated rings. The second-order valence-electron chi connectivity index (χ2n) is 6.87. The first kappa shape index (κ1) is 18.4. The van der Waals surface area contributed by atoms with Crippen molar-refractivity contribution in [3.05, 3.63) is 72.3 Å². The molecule has 0 N–H and O–H groups in total. The molecule has 0 unspecified atom stereocenters. The standard InChI is InChI=1S/C23H26N4O/c1-2-26(18-19-9-5-3-6-10-19)21-17-22(27-13-15-28-16-14-27)25-23(24-21)20-11-7-4-8-12-20/h3-12,17H,2,13-16,18H2,1H3. The maximum Gasteiger partial charge on any atom is 0.163 e. The van der Waals surface area contributed by atoms with Crippen molar-refractivity contribution in [3.8, 4) is 11.4 Å². The van der Waals surface area contributed by atoms with E-state index in [1.165, 1.54) is 5.56 Å². The van der Waals surface area contributed by atoms with Gasteiger partial charge in [-0.2, -0.15) is 0 Å². The van der Waals surface area contributed by atoms with Crippen LogP contribution in [0.2, 0.25) is 0 Å². The van der Waals surface area contributed by atoms with Gasteiger partial charge in [0.1, 0.15) is 11.6 Å². The number of hydrogen-bond donors (Lipinski definition) is 0.